The van der Waals surface area contributed by atoms with Crippen molar-refractivity contribution in [3.8, 4) is 6.07 Å². The topological polar surface area (TPSA) is 131 Å². The molecule has 0 spiro atoms. The molecule has 0 bridgehead atoms. The maximum absolute atomic E-state index is 13.8. The van der Waals surface area contributed by atoms with Crippen molar-refractivity contribution in [3.63, 3.8) is 0 Å². The molecule has 0 unspecified atom stereocenters. The third-order valence-corrected chi connectivity index (χ3v) is 8.43. The standard InChI is InChI=1S/C24H32F5N5O4/c1-10-8-31-17(35)12(10)6-11(7-30)32-18(36)15-14-13(22(14,2)3)9-34(15)19(37)16(23(4,5)20(25)26)33-21(38)24(27,28)29/h10-16,20H,6,8-9H2,1-5H3,(H,31,35)(H,32,36)(H,33,38)/t10-,11-,12+,13-,14-,15-,16+/m0/s1. The molecule has 14 heteroatoms. The summed E-state index contributed by atoms with van der Waals surface area (Å²) in [5.41, 5.74) is -2.83. The molecule has 4 amide bonds. The monoisotopic (exact) mass is 549 g/mol. The Morgan fingerprint density at radius 1 is 1.21 bits per heavy atom. The van der Waals surface area contributed by atoms with E-state index in [-0.39, 0.29) is 30.7 Å². The molecule has 2 heterocycles. The minimum atomic E-state index is -5.42. The van der Waals surface area contributed by atoms with Crippen molar-refractivity contribution >= 4 is 23.6 Å². The minimum Gasteiger partial charge on any atom is -0.356 e. The lowest BCUT2D eigenvalue weighted by molar-refractivity contribution is -0.177. The lowest BCUT2D eigenvalue weighted by Crippen LogP contribution is -2.62. The Morgan fingerprint density at radius 2 is 1.82 bits per heavy atom. The highest BCUT2D eigenvalue weighted by Gasteiger charge is 2.70. The Hall–Kier alpha value is -2.98. The zero-order valence-corrected chi connectivity index (χ0v) is 21.7. The van der Waals surface area contributed by atoms with Gasteiger partial charge in [0.1, 0.15) is 18.1 Å². The molecule has 1 aliphatic carbocycles. The van der Waals surface area contributed by atoms with E-state index in [1.54, 1.807) is 0 Å². The first kappa shape index (κ1) is 29.6. The van der Waals surface area contributed by atoms with Crippen LogP contribution in [0.25, 0.3) is 0 Å². The summed E-state index contributed by atoms with van der Waals surface area (Å²) in [6.45, 7) is 7.52. The van der Waals surface area contributed by atoms with Crippen LogP contribution in [0.3, 0.4) is 0 Å². The summed E-state index contributed by atoms with van der Waals surface area (Å²) >= 11 is 0. The van der Waals surface area contributed by atoms with Gasteiger partial charge < -0.3 is 20.9 Å². The zero-order valence-electron chi connectivity index (χ0n) is 21.7. The number of halogens is 5. The molecule has 0 aromatic carbocycles. The van der Waals surface area contributed by atoms with E-state index in [1.807, 2.05) is 26.8 Å². The highest BCUT2D eigenvalue weighted by molar-refractivity contribution is 5.95. The van der Waals surface area contributed by atoms with Crippen molar-refractivity contribution in [1.29, 1.82) is 5.26 Å². The summed E-state index contributed by atoms with van der Waals surface area (Å²) in [6.07, 6.45) is -8.70. The van der Waals surface area contributed by atoms with Crippen LogP contribution in [-0.4, -0.2) is 72.3 Å². The fourth-order valence-corrected chi connectivity index (χ4v) is 5.67. The van der Waals surface area contributed by atoms with E-state index in [4.69, 9.17) is 0 Å². The largest absolute Gasteiger partial charge is 0.471 e. The molecule has 0 aromatic rings. The molecule has 0 aromatic heterocycles. The third-order valence-electron chi connectivity index (χ3n) is 8.43. The Kier molecular flexibility index (Phi) is 7.75. The van der Waals surface area contributed by atoms with Gasteiger partial charge in [0, 0.05) is 19.0 Å². The van der Waals surface area contributed by atoms with Crippen LogP contribution in [0.5, 0.6) is 0 Å². The van der Waals surface area contributed by atoms with Gasteiger partial charge in [-0.05, 0) is 29.6 Å². The third kappa shape index (κ3) is 5.29. The molecule has 3 rings (SSSR count). The van der Waals surface area contributed by atoms with Gasteiger partial charge in [-0.3, -0.25) is 19.2 Å². The summed E-state index contributed by atoms with van der Waals surface area (Å²) in [6, 6.07) is -2.71. The second-order valence-electron chi connectivity index (χ2n) is 11.7. The molecule has 7 atom stereocenters. The zero-order chi connectivity index (χ0) is 29.0. The van der Waals surface area contributed by atoms with Crippen LogP contribution in [0, 0.1) is 45.8 Å². The molecule has 2 saturated heterocycles. The SMILES string of the molecule is C[C@H]1CNC(=O)[C@@H]1C[C@@H](C#N)NC(=O)[C@@H]1[C@@H]2[C@H](CN1C(=O)[C@@H](NC(=O)C(F)(F)F)C(C)(C)C(F)F)C2(C)C. The smallest absolute Gasteiger partial charge is 0.356 e. The molecule has 1 saturated carbocycles. The highest BCUT2D eigenvalue weighted by atomic mass is 19.4. The number of likely N-dealkylation sites (tertiary alicyclic amines) is 1. The van der Waals surface area contributed by atoms with Gasteiger partial charge in [0.05, 0.1) is 11.5 Å². The Bertz CT molecular complexity index is 1040. The van der Waals surface area contributed by atoms with Gasteiger partial charge in [0.15, 0.2) is 0 Å². The van der Waals surface area contributed by atoms with Crippen molar-refractivity contribution in [2.75, 3.05) is 13.1 Å². The molecule has 3 fully saturated rings. The van der Waals surface area contributed by atoms with Crippen LogP contribution in [0.15, 0.2) is 0 Å². The van der Waals surface area contributed by atoms with E-state index in [0.29, 0.717) is 6.54 Å². The molecule has 212 valence electrons. The number of rotatable bonds is 8. The molecule has 9 nitrogen and oxygen atoms in total. The number of fused-ring (bicyclic) bond motifs is 1. The average molecular weight is 550 g/mol. The van der Waals surface area contributed by atoms with Crippen molar-refractivity contribution in [2.45, 2.75) is 71.8 Å². The Labute approximate surface area is 216 Å². The number of nitrogens with zero attached hydrogens (tertiary/aromatic N) is 2. The second-order valence-corrected chi connectivity index (χ2v) is 11.7. The maximum atomic E-state index is 13.8. The number of carbonyl (C=O) groups is 4. The molecular weight excluding hydrogens is 517 g/mol. The van der Waals surface area contributed by atoms with Crippen molar-refractivity contribution in [3.05, 3.63) is 0 Å². The number of carbonyl (C=O) groups excluding carboxylic acids is 4. The van der Waals surface area contributed by atoms with Gasteiger partial charge in [-0.15, -0.1) is 0 Å². The Morgan fingerprint density at radius 3 is 2.29 bits per heavy atom. The van der Waals surface area contributed by atoms with Gasteiger partial charge in [-0.1, -0.05) is 34.6 Å². The summed E-state index contributed by atoms with van der Waals surface area (Å²) in [5, 5.41) is 16.2. The summed E-state index contributed by atoms with van der Waals surface area (Å²) in [4.78, 5) is 51.6. The molecule has 0 radical (unpaired) electrons. The van der Waals surface area contributed by atoms with Crippen LogP contribution in [-0.2, 0) is 19.2 Å². The van der Waals surface area contributed by atoms with Gasteiger partial charge in [0.2, 0.25) is 24.1 Å². The van der Waals surface area contributed by atoms with Crippen LogP contribution in [0.4, 0.5) is 22.0 Å². The molecule has 38 heavy (non-hydrogen) atoms. The number of hydrogen-bond acceptors (Lipinski definition) is 5. The van der Waals surface area contributed by atoms with Gasteiger partial charge >= 0.3 is 12.1 Å². The summed E-state index contributed by atoms with van der Waals surface area (Å²) < 4.78 is 66.6. The molecule has 3 aliphatic rings. The van der Waals surface area contributed by atoms with E-state index < -0.39 is 71.1 Å². The summed E-state index contributed by atoms with van der Waals surface area (Å²) in [5.74, 6) is -6.11. The van der Waals surface area contributed by atoms with Crippen LogP contribution >= 0.6 is 0 Å². The first-order chi connectivity index (χ1) is 17.3. The van der Waals surface area contributed by atoms with Crippen LogP contribution < -0.4 is 16.0 Å². The lowest BCUT2D eigenvalue weighted by Gasteiger charge is -2.39. The van der Waals surface area contributed by atoms with E-state index in [2.05, 4.69) is 10.6 Å². The summed E-state index contributed by atoms with van der Waals surface area (Å²) in [7, 11) is 0. The normalized spacial score (nSPS) is 29.7. The van der Waals surface area contributed by atoms with Crippen molar-refractivity contribution in [1.82, 2.24) is 20.9 Å². The van der Waals surface area contributed by atoms with Crippen molar-refractivity contribution < 1.29 is 41.1 Å². The van der Waals surface area contributed by atoms with Gasteiger partial charge in [-0.2, -0.15) is 18.4 Å². The molecular formula is C24H32F5N5O4. The fourth-order valence-electron chi connectivity index (χ4n) is 5.67. The fraction of sp³-hybridized carbons (Fsp3) is 0.792. The average Bonchev–Trinajstić information content (AvgIpc) is 3.11. The second kappa shape index (κ2) is 9.96. The molecule has 2 aliphatic heterocycles. The van der Waals surface area contributed by atoms with Crippen LogP contribution in [0.1, 0.15) is 41.0 Å². The van der Waals surface area contributed by atoms with Gasteiger partial charge in [0.25, 0.3) is 0 Å². The van der Waals surface area contributed by atoms with Crippen LogP contribution in [0.2, 0.25) is 0 Å². The number of hydrogen-bond donors (Lipinski definition) is 3. The predicted octanol–water partition coefficient (Wildman–Crippen LogP) is 1.59. The van der Waals surface area contributed by atoms with E-state index in [9.17, 15) is 46.4 Å². The van der Waals surface area contributed by atoms with Gasteiger partial charge in [-0.25, -0.2) is 8.78 Å². The highest BCUT2D eigenvalue weighted by Crippen LogP contribution is 2.65. The first-order valence-corrected chi connectivity index (χ1v) is 12.3. The predicted molar refractivity (Wildman–Crippen MR) is 122 cm³/mol. The number of nitriles is 1. The van der Waals surface area contributed by atoms with E-state index in [0.717, 1.165) is 18.7 Å². The maximum Gasteiger partial charge on any atom is 0.471 e. The number of nitrogens with one attached hydrogen (secondary N) is 3. The van der Waals surface area contributed by atoms with E-state index in [1.165, 1.54) is 5.32 Å². The minimum absolute atomic E-state index is 0.00999. The Balaban J connectivity index is 1.87. The quantitative estimate of drug-likeness (QED) is 0.396. The lowest BCUT2D eigenvalue weighted by atomic mass is 9.83. The first-order valence-electron chi connectivity index (χ1n) is 12.3. The van der Waals surface area contributed by atoms with E-state index >= 15 is 0 Å². The number of piperidine rings is 1. The number of alkyl halides is 5. The molecule has 3 N–H and O–H groups in total. The number of amides is 4. The van der Waals surface area contributed by atoms with Crippen molar-refractivity contribution in [2.24, 2.45) is 34.5 Å².